The summed E-state index contributed by atoms with van der Waals surface area (Å²) < 4.78 is 11.5. The predicted octanol–water partition coefficient (Wildman–Crippen LogP) is 4.46. The highest BCUT2D eigenvalue weighted by atomic mass is 79.9. The molecule has 1 aliphatic heterocycles. The number of ether oxygens (including phenoxy) is 2. The Morgan fingerprint density at radius 3 is 2.65 bits per heavy atom. The van der Waals surface area contributed by atoms with E-state index in [9.17, 15) is 4.79 Å². The number of carbonyl (C=O) groups excluding carboxylic acids is 1. The predicted molar refractivity (Wildman–Crippen MR) is 92.8 cm³/mol. The Kier molecular flexibility index (Phi) is 4.50. The van der Waals surface area contributed by atoms with Crippen LogP contribution in [0.2, 0.25) is 5.02 Å². The summed E-state index contributed by atoms with van der Waals surface area (Å²) in [7, 11) is 1.53. The van der Waals surface area contributed by atoms with Gasteiger partial charge in [0.15, 0.2) is 5.70 Å². The van der Waals surface area contributed by atoms with E-state index in [0.29, 0.717) is 16.3 Å². The number of aliphatic imine (C=N–C) groups is 1. The summed E-state index contributed by atoms with van der Waals surface area (Å²) in [6, 6.07) is 12.6. The van der Waals surface area contributed by atoms with Gasteiger partial charge in [0.1, 0.15) is 5.75 Å². The number of carbonyl (C=O) groups is 1. The molecule has 6 heteroatoms. The van der Waals surface area contributed by atoms with Crippen molar-refractivity contribution in [2.24, 2.45) is 4.99 Å². The molecule has 0 bridgehead atoms. The molecule has 0 saturated carbocycles. The molecule has 2 aromatic rings. The molecule has 3 rings (SSSR count). The molecule has 23 heavy (non-hydrogen) atoms. The first-order valence-electron chi connectivity index (χ1n) is 6.69. The summed E-state index contributed by atoms with van der Waals surface area (Å²) >= 11 is 9.37. The fourth-order valence-corrected chi connectivity index (χ4v) is 2.53. The van der Waals surface area contributed by atoms with E-state index in [1.54, 1.807) is 24.3 Å². The summed E-state index contributed by atoms with van der Waals surface area (Å²) in [5.74, 6) is 0.202. The second kappa shape index (κ2) is 6.56. The van der Waals surface area contributed by atoms with Crippen LogP contribution in [-0.4, -0.2) is 19.0 Å². The van der Waals surface area contributed by atoms with Gasteiger partial charge >= 0.3 is 5.97 Å². The van der Waals surface area contributed by atoms with Crippen LogP contribution in [0.3, 0.4) is 0 Å². The third kappa shape index (κ3) is 3.46. The van der Waals surface area contributed by atoms with E-state index in [4.69, 9.17) is 21.1 Å². The molecule has 4 nitrogen and oxygen atoms in total. The van der Waals surface area contributed by atoms with Gasteiger partial charge < -0.3 is 9.47 Å². The first kappa shape index (κ1) is 15.8. The van der Waals surface area contributed by atoms with Gasteiger partial charge in [0.25, 0.3) is 0 Å². The first-order chi connectivity index (χ1) is 11.1. The summed E-state index contributed by atoms with van der Waals surface area (Å²) in [5, 5.41) is 0.505. The lowest BCUT2D eigenvalue weighted by atomic mass is 10.2. The third-order valence-electron chi connectivity index (χ3n) is 3.19. The maximum Gasteiger partial charge on any atom is 0.363 e. The molecular weight excluding hydrogens is 382 g/mol. The lowest BCUT2D eigenvalue weighted by molar-refractivity contribution is -0.129. The molecule has 0 saturated heterocycles. The van der Waals surface area contributed by atoms with Gasteiger partial charge in [-0.1, -0.05) is 39.7 Å². The average Bonchev–Trinajstić information content (AvgIpc) is 2.90. The number of halogens is 2. The molecule has 0 unspecified atom stereocenters. The minimum atomic E-state index is -0.509. The number of nitrogens with zero attached hydrogens (tertiary/aromatic N) is 1. The minimum absolute atomic E-state index is 0.178. The largest absolute Gasteiger partial charge is 0.496 e. The zero-order valence-electron chi connectivity index (χ0n) is 12.0. The van der Waals surface area contributed by atoms with E-state index in [1.165, 1.54) is 7.11 Å². The standard InChI is InChI=1S/C17H11BrClNO3/c1-22-15-7-6-12(19)9-13(15)16-20-14(17(21)23-16)8-10-2-4-11(18)5-3-10/h2-9H,1H3/b14-8-. The van der Waals surface area contributed by atoms with Gasteiger partial charge in [0.05, 0.1) is 12.7 Å². The third-order valence-corrected chi connectivity index (χ3v) is 3.95. The van der Waals surface area contributed by atoms with Gasteiger partial charge in [-0.15, -0.1) is 0 Å². The molecule has 0 amide bonds. The Morgan fingerprint density at radius 2 is 1.96 bits per heavy atom. The number of methoxy groups -OCH3 is 1. The van der Waals surface area contributed by atoms with Crippen LogP contribution in [0.5, 0.6) is 5.75 Å². The quantitative estimate of drug-likeness (QED) is 0.572. The summed E-state index contributed by atoms with van der Waals surface area (Å²) in [6.45, 7) is 0. The fraction of sp³-hybridized carbons (Fsp3) is 0.0588. The average molecular weight is 393 g/mol. The van der Waals surface area contributed by atoms with Crippen LogP contribution in [0, 0.1) is 0 Å². The smallest absolute Gasteiger partial charge is 0.363 e. The number of hydrogen-bond donors (Lipinski definition) is 0. The lowest BCUT2D eigenvalue weighted by Gasteiger charge is -2.07. The molecule has 1 heterocycles. The Hall–Kier alpha value is -2.11. The zero-order chi connectivity index (χ0) is 16.4. The number of rotatable bonds is 3. The Labute approximate surface area is 146 Å². The molecule has 0 spiro atoms. The summed E-state index contributed by atoms with van der Waals surface area (Å²) in [5.41, 5.74) is 1.61. The van der Waals surface area contributed by atoms with Gasteiger partial charge in [0.2, 0.25) is 5.90 Å². The molecule has 0 radical (unpaired) electrons. The number of benzene rings is 2. The second-order valence-electron chi connectivity index (χ2n) is 4.73. The van der Waals surface area contributed by atoms with E-state index in [1.807, 2.05) is 24.3 Å². The fourth-order valence-electron chi connectivity index (χ4n) is 2.09. The van der Waals surface area contributed by atoms with Crippen molar-refractivity contribution in [3.63, 3.8) is 0 Å². The van der Waals surface area contributed by atoms with Crippen LogP contribution in [0.1, 0.15) is 11.1 Å². The minimum Gasteiger partial charge on any atom is -0.496 e. The van der Waals surface area contributed by atoms with Crippen LogP contribution < -0.4 is 4.74 Å². The Morgan fingerprint density at radius 1 is 1.22 bits per heavy atom. The molecule has 0 N–H and O–H groups in total. The lowest BCUT2D eigenvalue weighted by Crippen LogP contribution is -2.07. The van der Waals surface area contributed by atoms with Crippen molar-refractivity contribution in [1.82, 2.24) is 0 Å². The highest BCUT2D eigenvalue weighted by Crippen LogP contribution is 2.27. The molecule has 116 valence electrons. The molecule has 0 aromatic heterocycles. The monoisotopic (exact) mass is 391 g/mol. The highest BCUT2D eigenvalue weighted by Gasteiger charge is 2.26. The van der Waals surface area contributed by atoms with E-state index >= 15 is 0 Å². The second-order valence-corrected chi connectivity index (χ2v) is 6.08. The summed E-state index contributed by atoms with van der Waals surface area (Å²) in [4.78, 5) is 16.3. The molecular formula is C17H11BrClNO3. The van der Waals surface area contributed by atoms with Crippen molar-refractivity contribution < 1.29 is 14.3 Å². The molecule has 1 aliphatic rings. The molecule has 0 aliphatic carbocycles. The van der Waals surface area contributed by atoms with Crippen LogP contribution >= 0.6 is 27.5 Å². The SMILES string of the molecule is COc1ccc(Cl)cc1C1=N/C(=C\c2ccc(Br)cc2)C(=O)O1. The van der Waals surface area contributed by atoms with Gasteiger partial charge in [0, 0.05) is 9.50 Å². The van der Waals surface area contributed by atoms with E-state index < -0.39 is 5.97 Å². The number of cyclic esters (lactones) is 1. The molecule has 2 aromatic carbocycles. The topological polar surface area (TPSA) is 47.9 Å². The van der Waals surface area contributed by atoms with E-state index in [2.05, 4.69) is 20.9 Å². The Balaban J connectivity index is 1.98. The van der Waals surface area contributed by atoms with Gasteiger partial charge in [-0.2, -0.15) is 0 Å². The highest BCUT2D eigenvalue weighted by molar-refractivity contribution is 9.10. The van der Waals surface area contributed by atoms with Crippen molar-refractivity contribution in [3.8, 4) is 5.75 Å². The maximum absolute atomic E-state index is 12.0. The van der Waals surface area contributed by atoms with Gasteiger partial charge in [-0.25, -0.2) is 9.79 Å². The molecule has 0 atom stereocenters. The van der Waals surface area contributed by atoms with Crippen molar-refractivity contribution in [2.75, 3.05) is 7.11 Å². The van der Waals surface area contributed by atoms with Crippen molar-refractivity contribution in [3.05, 3.63) is 68.8 Å². The van der Waals surface area contributed by atoms with Gasteiger partial charge in [-0.05, 0) is 42.0 Å². The number of esters is 1. The van der Waals surface area contributed by atoms with Crippen LogP contribution in [-0.2, 0) is 9.53 Å². The van der Waals surface area contributed by atoms with Crippen LogP contribution in [0.15, 0.2) is 57.6 Å². The van der Waals surface area contributed by atoms with Crippen LogP contribution in [0.25, 0.3) is 6.08 Å². The number of hydrogen-bond acceptors (Lipinski definition) is 4. The van der Waals surface area contributed by atoms with Gasteiger partial charge in [-0.3, -0.25) is 0 Å². The van der Waals surface area contributed by atoms with Crippen molar-refractivity contribution in [2.45, 2.75) is 0 Å². The van der Waals surface area contributed by atoms with Crippen molar-refractivity contribution >= 4 is 45.5 Å². The zero-order valence-corrected chi connectivity index (χ0v) is 14.4. The van der Waals surface area contributed by atoms with E-state index in [-0.39, 0.29) is 11.6 Å². The van der Waals surface area contributed by atoms with Crippen molar-refractivity contribution in [1.29, 1.82) is 0 Å². The normalized spacial score (nSPS) is 15.5. The summed E-state index contributed by atoms with van der Waals surface area (Å²) in [6.07, 6.45) is 1.67. The maximum atomic E-state index is 12.0. The molecule has 0 fully saturated rings. The van der Waals surface area contributed by atoms with Crippen LogP contribution in [0.4, 0.5) is 0 Å². The van der Waals surface area contributed by atoms with E-state index in [0.717, 1.165) is 10.0 Å². The Bertz CT molecular complexity index is 828. The first-order valence-corrected chi connectivity index (χ1v) is 7.86.